The SMILES string of the molecule is CC(=O)c1ccc(C(c2cccc(O)c2)N2C[C@@H](C)N(Cc3ccc(C(=O)O)cc3)C[C@@H]2C)cc1. The number of phenols is 1. The molecule has 1 heterocycles. The van der Waals surface area contributed by atoms with E-state index >= 15 is 0 Å². The fraction of sp³-hybridized carbons (Fsp3) is 0.310. The topological polar surface area (TPSA) is 81.1 Å². The van der Waals surface area contributed by atoms with Gasteiger partial charge >= 0.3 is 5.97 Å². The molecule has 3 atom stereocenters. The highest BCUT2D eigenvalue weighted by atomic mass is 16.4. The summed E-state index contributed by atoms with van der Waals surface area (Å²) in [5.41, 5.74) is 4.16. The molecule has 0 spiro atoms. The summed E-state index contributed by atoms with van der Waals surface area (Å²) < 4.78 is 0. The second-order valence-corrected chi connectivity index (χ2v) is 9.50. The zero-order valence-electron chi connectivity index (χ0n) is 20.4. The van der Waals surface area contributed by atoms with Crippen molar-refractivity contribution in [3.63, 3.8) is 0 Å². The van der Waals surface area contributed by atoms with Crippen LogP contribution in [0.25, 0.3) is 0 Å². The Morgan fingerprint density at radius 2 is 1.54 bits per heavy atom. The van der Waals surface area contributed by atoms with Crippen molar-refractivity contribution in [2.24, 2.45) is 0 Å². The van der Waals surface area contributed by atoms with Crippen LogP contribution in [0.2, 0.25) is 0 Å². The number of ketones is 1. The number of rotatable bonds is 7. The van der Waals surface area contributed by atoms with E-state index in [-0.39, 0.29) is 29.7 Å². The van der Waals surface area contributed by atoms with Crippen molar-refractivity contribution < 1.29 is 19.8 Å². The van der Waals surface area contributed by atoms with Gasteiger partial charge in [0, 0.05) is 37.3 Å². The third-order valence-corrected chi connectivity index (χ3v) is 6.90. The largest absolute Gasteiger partial charge is 0.508 e. The van der Waals surface area contributed by atoms with E-state index in [0.717, 1.165) is 36.3 Å². The summed E-state index contributed by atoms with van der Waals surface area (Å²) in [6, 6.07) is 22.7. The second-order valence-electron chi connectivity index (χ2n) is 9.50. The highest BCUT2D eigenvalue weighted by molar-refractivity contribution is 5.94. The first kappa shape index (κ1) is 24.6. The number of hydrogen-bond acceptors (Lipinski definition) is 5. The van der Waals surface area contributed by atoms with Crippen molar-refractivity contribution in [1.82, 2.24) is 9.80 Å². The van der Waals surface area contributed by atoms with E-state index in [2.05, 4.69) is 23.6 Å². The number of carbonyl (C=O) groups excluding carboxylic acids is 1. The summed E-state index contributed by atoms with van der Waals surface area (Å²) in [4.78, 5) is 27.8. The summed E-state index contributed by atoms with van der Waals surface area (Å²) >= 11 is 0. The molecule has 0 aliphatic carbocycles. The van der Waals surface area contributed by atoms with Crippen LogP contribution in [0.3, 0.4) is 0 Å². The van der Waals surface area contributed by atoms with Crippen LogP contribution >= 0.6 is 0 Å². The Hall–Kier alpha value is -3.48. The summed E-state index contributed by atoms with van der Waals surface area (Å²) in [6.45, 7) is 8.42. The monoisotopic (exact) mass is 472 g/mol. The molecule has 1 aliphatic heterocycles. The van der Waals surface area contributed by atoms with E-state index < -0.39 is 5.97 Å². The molecule has 4 rings (SSSR count). The molecule has 1 unspecified atom stereocenters. The number of phenolic OH excluding ortho intramolecular Hbond substituents is 1. The highest BCUT2D eigenvalue weighted by Crippen LogP contribution is 2.35. The second kappa shape index (κ2) is 10.4. The predicted octanol–water partition coefficient (Wildman–Crippen LogP) is 4.98. The van der Waals surface area contributed by atoms with Crippen LogP contribution in [-0.4, -0.2) is 56.9 Å². The molecule has 0 aromatic heterocycles. The van der Waals surface area contributed by atoms with E-state index in [1.165, 1.54) is 0 Å². The first-order valence-corrected chi connectivity index (χ1v) is 11.9. The molecule has 3 aromatic rings. The molecule has 0 radical (unpaired) electrons. The Kier molecular flexibility index (Phi) is 7.34. The molecule has 0 saturated carbocycles. The zero-order chi connectivity index (χ0) is 25.1. The number of carboxylic acids is 1. The predicted molar refractivity (Wildman–Crippen MR) is 136 cm³/mol. The molecule has 3 aromatic carbocycles. The average molecular weight is 473 g/mol. The lowest BCUT2D eigenvalue weighted by Gasteiger charge is -2.47. The van der Waals surface area contributed by atoms with Gasteiger partial charge in [0.15, 0.2) is 5.78 Å². The minimum atomic E-state index is -0.915. The molecule has 6 nitrogen and oxygen atoms in total. The van der Waals surface area contributed by atoms with Crippen molar-refractivity contribution in [2.45, 2.75) is 45.4 Å². The number of nitrogens with zero attached hydrogens (tertiary/aromatic N) is 2. The molecular formula is C29H32N2O4. The summed E-state index contributed by atoms with van der Waals surface area (Å²) in [6.07, 6.45) is 0. The molecule has 0 amide bonds. The van der Waals surface area contributed by atoms with E-state index in [4.69, 9.17) is 5.11 Å². The molecule has 1 saturated heterocycles. The molecule has 1 fully saturated rings. The molecule has 2 N–H and O–H groups in total. The van der Waals surface area contributed by atoms with Gasteiger partial charge < -0.3 is 10.2 Å². The normalized spacial score (nSPS) is 19.9. The number of piperazine rings is 1. The van der Waals surface area contributed by atoms with Gasteiger partial charge in [0.2, 0.25) is 0 Å². The Labute approximate surface area is 206 Å². The Morgan fingerprint density at radius 1 is 0.886 bits per heavy atom. The molecule has 6 heteroatoms. The van der Waals surface area contributed by atoms with Crippen LogP contribution < -0.4 is 0 Å². The van der Waals surface area contributed by atoms with E-state index in [1.807, 2.05) is 54.6 Å². The first-order chi connectivity index (χ1) is 16.7. The van der Waals surface area contributed by atoms with Gasteiger partial charge in [-0.3, -0.25) is 14.6 Å². The number of aromatic hydroxyl groups is 1. The van der Waals surface area contributed by atoms with Crippen molar-refractivity contribution in [2.75, 3.05) is 13.1 Å². The Bertz CT molecular complexity index is 1190. The van der Waals surface area contributed by atoms with Crippen LogP contribution in [0.15, 0.2) is 72.8 Å². The third-order valence-electron chi connectivity index (χ3n) is 6.90. The average Bonchev–Trinajstić information content (AvgIpc) is 2.83. The summed E-state index contributed by atoms with van der Waals surface area (Å²) in [5.74, 6) is -0.643. The van der Waals surface area contributed by atoms with Crippen LogP contribution in [0.1, 0.15) is 64.2 Å². The number of carboxylic acid groups (broad SMARTS) is 1. The Balaban J connectivity index is 1.58. The maximum absolute atomic E-state index is 11.8. The minimum Gasteiger partial charge on any atom is -0.508 e. The van der Waals surface area contributed by atoms with Crippen molar-refractivity contribution in [3.05, 3.63) is 101 Å². The molecule has 182 valence electrons. The zero-order valence-corrected chi connectivity index (χ0v) is 20.4. The van der Waals surface area contributed by atoms with Crippen LogP contribution in [0, 0.1) is 0 Å². The van der Waals surface area contributed by atoms with Crippen LogP contribution in [0.4, 0.5) is 0 Å². The molecular weight excluding hydrogens is 440 g/mol. The third kappa shape index (κ3) is 5.61. The standard InChI is InChI=1S/C29H32N2O4/c1-19-17-31(20(2)16-30(19)18-22-7-9-25(10-8-22)29(34)35)28(26-5-4-6-27(33)15-26)24-13-11-23(12-14-24)21(3)32/h4-15,19-20,28,33H,16-18H2,1-3H3,(H,34,35)/t19-,20+,28?/m1/s1. The van der Waals surface area contributed by atoms with Gasteiger partial charge in [-0.15, -0.1) is 0 Å². The lowest BCUT2D eigenvalue weighted by Crippen LogP contribution is -2.56. The van der Waals surface area contributed by atoms with Crippen molar-refractivity contribution >= 4 is 11.8 Å². The van der Waals surface area contributed by atoms with E-state index in [1.54, 1.807) is 25.1 Å². The Morgan fingerprint density at radius 3 is 2.14 bits per heavy atom. The minimum absolute atomic E-state index is 0.0393. The van der Waals surface area contributed by atoms with Gasteiger partial charge in [-0.05, 0) is 61.7 Å². The number of aromatic carboxylic acids is 1. The maximum atomic E-state index is 11.8. The maximum Gasteiger partial charge on any atom is 0.335 e. The number of hydrogen-bond donors (Lipinski definition) is 2. The van der Waals surface area contributed by atoms with Gasteiger partial charge in [0.1, 0.15) is 5.75 Å². The van der Waals surface area contributed by atoms with E-state index in [9.17, 15) is 14.7 Å². The van der Waals surface area contributed by atoms with Crippen molar-refractivity contribution in [1.29, 1.82) is 0 Å². The first-order valence-electron chi connectivity index (χ1n) is 11.9. The number of Topliss-reactive ketones (excluding diaryl/α,β-unsaturated/α-hetero) is 1. The van der Waals surface area contributed by atoms with Gasteiger partial charge in [0.05, 0.1) is 11.6 Å². The van der Waals surface area contributed by atoms with Gasteiger partial charge in [0.25, 0.3) is 0 Å². The molecule has 1 aliphatic rings. The van der Waals surface area contributed by atoms with Gasteiger partial charge in [-0.25, -0.2) is 4.79 Å². The van der Waals surface area contributed by atoms with Gasteiger partial charge in [-0.1, -0.05) is 48.5 Å². The summed E-state index contributed by atoms with van der Waals surface area (Å²) in [7, 11) is 0. The molecule has 35 heavy (non-hydrogen) atoms. The van der Waals surface area contributed by atoms with Crippen molar-refractivity contribution in [3.8, 4) is 5.75 Å². The van der Waals surface area contributed by atoms with E-state index in [0.29, 0.717) is 11.1 Å². The van der Waals surface area contributed by atoms with Crippen LogP contribution in [-0.2, 0) is 6.54 Å². The van der Waals surface area contributed by atoms with Gasteiger partial charge in [-0.2, -0.15) is 0 Å². The number of benzene rings is 3. The lowest BCUT2D eigenvalue weighted by molar-refractivity contribution is 0.0195. The summed E-state index contributed by atoms with van der Waals surface area (Å²) in [5, 5.41) is 19.3. The number of carbonyl (C=O) groups is 2. The fourth-order valence-corrected chi connectivity index (χ4v) is 4.96. The lowest BCUT2D eigenvalue weighted by atomic mass is 9.92. The molecule has 0 bridgehead atoms. The highest BCUT2D eigenvalue weighted by Gasteiger charge is 2.35. The smallest absolute Gasteiger partial charge is 0.335 e. The fourth-order valence-electron chi connectivity index (χ4n) is 4.96. The quantitative estimate of drug-likeness (QED) is 0.472. The van der Waals surface area contributed by atoms with Crippen LogP contribution in [0.5, 0.6) is 5.75 Å².